The maximum Gasteiger partial charge on any atom is 0.137 e. The molecule has 2 aromatic rings. The summed E-state index contributed by atoms with van der Waals surface area (Å²) in [5.41, 5.74) is 1.46. The predicted molar refractivity (Wildman–Crippen MR) is 75.8 cm³/mol. The molecule has 0 radical (unpaired) electrons. The second kappa shape index (κ2) is 6.01. The number of benzene rings is 2. The van der Waals surface area contributed by atoms with Gasteiger partial charge in [-0.3, -0.25) is 0 Å². The molecule has 0 bridgehead atoms. The summed E-state index contributed by atoms with van der Waals surface area (Å²) in [7, 11) is 3.22. The van der Waals surface area contributed by atoms with Crippen LogP contribution >= 0.6 is 0 Å². The van der Waals surface area contributed by atoms with Crippen molar-refractivity contribution in [3.05, 3.63) is 53.6 Å². The molecular formula is C16H17F2NO. The monoisotopic (exact) mass is 277 g/mol. The number of hydrogen-bond donors (Lipinski definition) is 1. The summed E-state index contributed by atoms with van der Waals surface area (Å²) < 4.78 is 33.0. The van der Waals surface area contributed by atoms with Crippen LogP contribution < -0.4 is 10.1 Å². The molecule has 0 heterocycles. The minimum atomic E-state index is -0.629. The molecule has 0 aliphatic rings. The largest absolute Gasteiger partial charge is 0.497 e. The van der Waals surface area contributed by atoms with E-state index in [9.17, 15) is 8.78 Å². The fourth-order valence-electron chi connectivity index (χ4n) is 2.07. The van der Waals surface area contributed by atoms with Crippen molar-refractivity contribution in [2.75, 3.05) is 14.2 Å². The number of halogens is 2. The van der Waals surface area contributed by atoms with Gasteiger partial charge in [0.05, 0.1) is 12.7 Å². The molecule has 4 heteroatoms. The minimum absolute atomic E-state index is 0.0315. The number of hydrogen-bond acceptors (Lipinski definition) is 2. The quantitative estimate of drug-likeness (QED) is 0.914. The summed E-state index contributed by atoms with van der Waals surface area (Å²) in [4.78, 5) is 0. The van der Waals surface area contributed by atoms with E-state index in [2.05, 4.69) is 5.32 Å². The molecule has 1 N–H and O–H groups in total. The Morgan fingerprint density at radius 1 is 1.10 bits per heavy atom. The molecule has 0 aliphatic heterocycles. The van der Waals surface area contributed by atoms with Crippen LogP contribution in [0.1, 0.15) is 18.5 Å². The first kappa shape index (κ1) is 14.5. The molecule has 0 saturated carbocycles. The third-order valence-electron chi connectivity index (χ3n) is 3.36. The predicted octanol–water partition coefficient (Wildman–Crippen LogP) is 3.92. The normalized spacial score (nSPS) is 12.2. The minimum Gasteiger partial charge on any atom is -0.497 e. The van der Waals surface area contributed by atoms with Gasteiger partial charge in [-0.2, -0.15) is 0 Å². The lowest BCUT2D eigenvalue weighted by molar-refractivity contribution is 0.407. The Morgan fingerprint density at radius 2 is 1.75 bits per heavy atom. The van der Waals surface area contributed by atoms with Crippen molar-refractivity contribution in [3.8, 4) is 16.9 Å². The Morgan fingerprint density at radius 3 is 2.30 bits per heavy atom. The van der Waals surface area contributed by atoms with Gasteiger partial charge in [-0.05, 0) is 31.2 Å². The van der Waals surface area contributed by atoms with E-state index in [-0.39, 0.29) is 17.4 Å². The Kier molecular flexibility index (Phi) is 4.35. The summed E-state index contributed by atoms with van der Waals surface area (Å²) in [6.07, 6.45) is 0. The zero-order chi connectivity index (χ0) is 14.7. The second-order valence-electron chi connectivity index (χ2n) is 4.60. The maximum atomic E-state index is 14.1. The highest BCUT2D eigenvalue weighted by molar-refractivity contribution is 5.66. The van der Waals surface area contributed by atoms with Gasteiger partial charge in [0.25, 0.3) is 0 Å². The van der Waals surface area contributed by atoms with E-state index in [1.807, 2.05) is 20.0 Å². The molecule has 0 spiro atoms. The van der Waals surface area contributed by atoms with Gasteiger partial charge in [0, 0.05) is 18.2 Å². The summed E-state index contributed by atoms with van der Waals surface area (Å²) in [6, 6.07) is 9.68. The van der Waals surface area contributed by atoms with Gasteiger partial charge < -0.3 is 10.1 Å². The zero-order valence-electron chi connectivity index (χ0n) is 11.7. The van der Waals surface area contributed by atoms with Gasteiger partial charge in [0.15, 0.2) is 0 Å². The molecule has 0 aliphatic carbocycles. The first-order valence-electron chi connectivity index (χ1n) is 6.37. The lowest BCUT2D eigenvalue weighted by Crippen LogP contribution is -2.12. The summed E-state index contributed by atoms with van der Waals surface area (Å²) in [6.45, 7) is 1.99. The summed E-state index contributed by atoms with van der Waals surface area (Å²) in [5.74, 6) is -1.09. The first-order valence-corrected chi connectivity index (χ1v) is 6.37. The third kappa shape index (κ3) is 2.80. The highest BCUT2D eigenvalue weighted by Gasteiger charge is 2.15. The van der Waals surface area contributed by atoms with Crippen LogP contribution in [0.3, 0.4) is 0 Å². The van der Waals surface area contributed by atoms with Crippen molar-refractivity contribution in [3.63, 3.8) is 0 Å². The Bertz CT molecular complexity index is 590. The van der Waals surface area contributed by atoms with Crippen molar-refractivity contribution in [1.82, 2.24) is 5.32 Å². The van der Waals surface area contributed by atoms with Crippen LogP contribution in [0.5, 0.6) is 5.75 Å². The molecule has 0 saturated heterocycles. The van der Waals surface area contributed by atoms with Crippen LogP contribution in [0.15, 0.2) is 36.4 Å². The van der Waals surface area contributed by atoms with Crippen LogP contribution in [0.4, 0.5) is 8.78 Å². The maximum absolute atomic E-state index is 14.1. The topological polar surface area (TPSA) is 21.3 Å². The number of methoxy groups -OCH3 is 1. The van der Waals surface area contributed by atoms with Gasteiger partial charge in [-0.25, -0.2) is 8.78 Å². The highest BCUT2D eigenvalue weighted by atomic mass is 19.1. The van der Waals surface area contributed by atoms with E-state index in [0.29, 0.717) is 5.56 Å². The van der Waals surface area contributed by atoms with Crippen LogP contribution in [0.25, 0.3) is 11.1 Å². The van der Waals surface area contributed by atoms with Gasteiger partial charge in [-0.15, -0.1) is 0 Å². The van der Waals surface area contributed by atoms with E-state index in [4.69, 9.17) is 4.74 Å². The average Bonchev–Trinajstić information content (AvgIpc) is 2.45. The van der Waals surface area contributed by atoms with Gasteiger partial charge in [0.1, 0.15) is 17.4 Å². The van der Waals surface area contributed by atoms with Crippen LogP contribution in [0.2, 0.25) is 0 Å². The third-order valence-corrected chi connectivity index (χ3v) is 3.36. The molecule has 0 aromatic heterocycles. The summed E-state index contributed by atoms with van der Waals surface area (Å²) in [5, 5.41) is 3.10. The Balaban J connectivity index is 2.51. The smallest absolute Gasteiger partial charge is 0.137 e. The van der Waals surface area contributed by atoms with E-state index in [0.717, 1.165) is 5.56 Å². The van der Waals surface area contributed by atoms with Crippen LogP contribution in [-0.2, 0) is 0 Å². The lowest BCUT2D eigenvalue weighted by Gasteiger charge is -2.13. The number of nitrogens with one attached hydrogen (secondary N) is 1. The van der Waals surface area contributed by atoms with E-state index < -0.39 is 11.6 Å². The fraction of sp³-hybridized carbons (Fsp3) is 0.250. The lowest BCUT2D eigenvalue weighted by atomic mass is 9.99. The molecule has 1 unspecified atom stereocenters. The van der Waals surface area contributed by atoms with Crippen molar-refractivity contribution >= 4 is 0 Å². The van der Waals surface area contributed by atoms with E-state index in [1.165, 1.54) is 19.2 Å². The molecule has 1 atom stereocenters. The zero-order valence-corrected chi connectivity index (χ0v) is 11.7. The highest BCUT2D eigenvalue weighted by Crippen LogP contribution is 2.31. The molecule has 2 rings (SSSR count). The van der Waals surface area contributed by atoms with Gasteiger partial charge >= 0.3 is 0 Å². The van der Waals surface area contributed by atoms with Crippen molar-refractivity contribution < 1.29 is 13.5 Å². The van der Waals surface area contributed by atoms with Crippen LogP contribution in [-0.4, -0.2) is 14.2 Å². The average molecular weight is 277 g/mol. The van der Waals surface area contributed by atoms with E-state index in [1.54, 1.807) is 18.2 Å². The Labute approximate surface area is 117 Å². The van der Waals surface area contributed by atoms with Gasteiger partial charge in [0.2, 0.25) is 0 Å². The molecule has 20 heavy (non-hydrogen) atoms. The molecular weight excluding hydrogens is 260 g/mol. The van der Waals surface area contributed by atoms with E-state index >= 15 is 0 Å². The molecule has 2 nitrogen and oxygen atoms in total. The molecule has 0 amide bonds. The first-order chi connectivity index (χ1) is 9.56. The number of rotatable bonds is 4. The van der Waals surface area contributed by atoms with Crippen molar-refractivity contribution in [1.29, 1.82) is 0 Å². The second-order valence-corrected chi connectivity index (χ2v) is 4.60. The van der Waals surface area contributed by atoms with Crippen LogP contribution in [0, 0.1) is 11.6 Å². The standard InChI is InChI=1S/C16H17F2NO/c1-10(19-2)11-5-4-6-12(7-11)16-14(17)8-13(20-3)9-15(16)18/h4-10,19H,1-3H3. The van der Waals surface area contributed by atoms with Gasteiger partial charge in [-0.1, -0.05) is 18.2 Å². The molecule has 2 aromatic carbocycles. The molecule has 0 fully saturated rings. The molecule has 106 valence electrons. The fourth-order valence-corrected chi connectivity index (χ4v) is 2.07. The Hall–Kier alpha value is -1.94. The van der Waals surface area contributed by atoms with Crippen molar-refractivity contribution in [2.45, 2.75) is 13.0 Å². The SMILES string of the molecule is CNC(C)c1cccc(-c2c(F)cc(OC)cc2F)c1. The summed E-state index contributed by atoms with van der Waals surface area (Å²) >= 11 is 0. The van der Waals surface area contributed by atoms with Crippen molar-refractivity contribution in [2.24, 2.45) is 0 Å². The number of ether oxygens (including phenoxy) is 1.